The molecule has 0 atom stereocenters. The predicted molar refractivity (Wildman–Crippen MR) is 79.4 cm³/mol. The van der Waals surface area contributed by atoms with Crippen LogP contribution in [0.4, 0.5) is 0 Å². The lowest BCUT2D eigenvalue weighted by Gasteiger charge is -2.05. The minimum Gasteiger partial charge on any atom is -0.493 e. The number of nitrogens with zero attached hydrogens (tertiary/aromatic N) is 2. The van der Waals surface area contributed by atoms with Crippen molar-refractivity contribution in [1.82, 2.24) is 9.97 Å². The average Bonchev–Trinajstić information content (AvgIpc) is 2.82. The molecule has 6 heteroatoms. The second-order valence-corrected chi connectivity index (χ2v) is 5.66. The maximum Gasteiger partial charge on any atom is 0.162 e. The summed E-state index contributed by atoms with van der Waals surface area (Å²) in [6.45, 7) is 0.730. The fourth-order valence-electron chi connectivity index (χ4n) is 1.85. The zero-order valence-electron chi connectivity index (χ0n) is 9.08. The molecule has 3 rings (SSSR count). The number of hydrogen-bond acceptors (Lipinski definition) is 3. The minimum atomic E-state index is 0.377. The number of rotatable bonds is 1. The van der Waals surface area contributed by atoms with E-state index < -0.39 is 0 Å². The van der Waals surface area contributed by atoms with Crippen molar-refractivity contribution in [2.75, 3.05) is 6.61 Å². The van der Waals surface area contributed by atoms with E-state index in [0.29, 0.717) is 19.7 Å². The largest absolute Gasteiger partial charge is 0.493 e. The SMILES string of the molecule is Clc1nc(-c2ccc3c(c2)CCO3)nc(Cl)c1I. The summed E-state index contributed by atoms with van der Waals surface area (Å²) in [5, 5.41) is 0.754. The van der Waals surface area contributed by atoms with Crippen molar-refractivity contribution in [1.29, 1.82) is 0 Å². The van der Waals surface area contributed by atoms with Gasteiger partial charge in [-0.05, 0) is 46.4 Å². The molecular formula is C12H7Cl2IN2O. The van der Waals surface area contributed by atoms with Crippen molar-refractivity contribution >= 4 is 45.8 Å². The number of hydrogen-bond donors (Lipinski definition) is 0. The first-order valence-electron chi connectivity index (χ1n) is 5.30. The van der Waals surface area contributed by atoms with Crippen LogP contribution in [0.15, 0.2) is 18.2 Å². The van der Waals surface area contributed by atoms with E-state index in [1.165, 1.54) is 5.56 Å². The van der Waals surface area contributed by atoms with Crippen LogP contribution >= 0.6 is 45.8 Å². The topological polar surface area (TPSA) is 35.0 Å². The lowest BCUT2D eigenvalue weighted by Crippen LogP contribution is -1.94. The molecule has 1 aromatic heterocycles. The first-order chi connectivity index (χ1) is 8.65. The lowest BCUT2D eigenvalue weighted by molar-refractivity contribution is 0.357. The molecule has 2 aromatic rings. The van der Waals surface area contributed by atoms with Gasteiger partial charge < -0.3 is 4.74 Å². The normalized spacial score (nSPS) is 13.3. The van der Waals surface area contributed by atoms with E-state index in [1.54, 1.807) is 0 Å². The molecule has 0 fully saturated rings. The number of fused-ring (bicyclic) bond motifs is 1. The van der Waals surface area contributed by atoms with Crippen LogP contribution in [0.1, 0.15) is 5.56 Å². The van der Waals surface area contributed by atoms with E-state index in [0.717, 1.165) is 24.3 Å². The average molecular weight is 393 g/mol. The van der Waals surface area contributed by atoms with Gasteiger partial charge in [-0.15, -0.1) is 0 Å². The second kappa shape index (κ2) is 4.83. The van der Waals surface area contributed by atoms with Crippen LogP contribution in [-0.2, 0) is 6.42 Å². The highest BCUT2D eigenvalue weighted by molar-refractivity contribution is 14.1. The van der Waals surface area contributed by atoms with Crippen molar-refractivity contribution in [3.05, 3.63) is 37.6 Å². The molecule has 1 aromatic carbocycles. The van der Waals surface area contributed by atoms with Gasteiger partial charge >= 0.3 is 0 Å². The van der Waals surface area contributed by atoms with Gasteiger partial charge in [-0.3, -0.25) is 0 Å². The molecule has 1 aliphatic rings. The molecule has 0 saturated heterocycles. The molecular weight excluding hydrogens is 386 g/mol. The summed E-state index contributed by atoms with van der Waals surface area (Å²) in [6.07, 6.45) is 0.912. The maximum atomic E-state index is 6.02. The van der Waals surface area contributed by atoms with E-state index in [-0.39, 0.29) is 0 Å². The van der Waals surface area contributed by atoms with Crippen molar-refractivity contribution < 1.29 is 4.74 Å². The molecule has 3 nitrogen and oxygen atoms in total. The molecule has 0 amide bonds. The van der Waals surface area contributed by atoms with Crippen molar-refractivity contribution in [2.45, 2.75) is 6.42 Å². The van der Waals surface area contributed by atoms with E-state index in [9.17, 15) is 0 Å². The summed E-state index contributed by atoms with van der Waals surface area (Å²) in [7, 11) is 0. The summed E-state index contributed by atoms with van der Waals surface area (Å²) in [5.74, 6) is 1.47. The molecule has 92 valence electrons. The molecule has 2 heterocycles. The smallest absolute Gasteiger partial charge is 0.162 e. The molecule has 0 bridgehead atoms. The van der Waals surface area contributed by atoms with Gasteiger partial charge in [0.25, 0.3) is 0 Å². The van der Waals surface area contributed by atoms with Gasteiger partial charge in [0.05, 0.1) is 10.2 Å². The third-order valence-electron chi connectivity index (χ3n) is 2.72. The Morgan fingerprint density at radius 1 is 1.17 bits per heavy atom. The van der Waals surface area contributed by atoms with E-state index in [1.807, 2.05) is 40.8 Å². The van der Waals surface area contributed by atoms with Crippen LogP contribution < -0.4 is 4.74 Å². The fourth-order valence-corrected chi connectivity index (χ4v) is 2.48. The van der Waals surface area contributed by atoms with Crippen LogP contribution in [0.3, 0.4) is 0 Å². The van der Waals surface area contributed by atoms with E-state index >= 15 is 0 Å². The molecule has 0 N–H and O–H groups in total. The molecule has 18 heavy (non-hydrogen) atoms. The monoisotopic (exact) mass is 392 g/mol. The van der Waals surface area contributed by atoms with Gasteiger partial charge in [0.2, 0.25) is 0 Å². The van der Waals surface area contributed by atoms with Crippen LogP contribution in [0.5, 0.6) is 5.75 Å². The third-order valence-corrected chi connectivity index (χ3v) is 4.92. The summed E-state index contributed by atoms with van der Waals surface area (Å²) in [4.78, 5) is 8.50. The van der Waals surface area contributed by atoms with Crippen LogP contribution in [0.25, 0.3) is 11.4 Å². The highest BCUT2D eigenvalue weighted by atomic mass is 127. The summed E-state index contributed by atoms with van der Waals surface area (Å²) >= 11 is 14.1. The van der Waals surface area contributed by atoms with E-state index in [4.69, 9.17) is 27.9 Å². The molecule has 0 radical (unpaired) electrons. The highest BCUT2D eigenvalue weighted by Gasteiger charge is 2.15. The molecule has 0 spiro atoms. The summed E-state index contributed by atoms with van der Waals surface area (Å²) in [6, 6.07) is 5.87. The van der Waals surface area contributed by atoms with Crippen molar-refractivity contribution in [2.24, 2.45) is 0 Å². The number of halogens is 3. The van der Waals surface area contributed by atoms with Crippen LogP contribution in [0.2, 0.25) is 10.3 Å². The zero-order valence-corrected chi connectivity index (χ0v) is 12.8. The molecule has 0 saturated carbocycles. The first kappa shape index (κ1) is 12.4. The Balaban J connectivity index is 2.10. The van der Waals surface area contributed by atoms with Gasteiger partial charge in [-0.1, -0.05) is 23.2 Å². The van der Waals surface area contributed by atoms with Gasteiger partial charge in [0.15, 0.2) is 5.82 Å². The Morgan fingerprint density at radius 2 is 1.89 bits per heavy atom. The van der Waals surface area contributed by atoms with Gasteiger partial charge in [-0.2, -0.15) is 0 Å². The standard InChI is InChI=1S/C12H7Cl2IN2O/c13-10-9(15)11(14)17-12(16-10)7-1-2-8-6(5-7)3-4-18-8/h1-2,5H,3-4H2. The maximum absolute atomic E-state index is 6.02. The lowest BCUT2D eigenvalue weighted by atomic mass is 10.1. The van der Waals surface area contributed by atoms with Gasteiger partial charge in [0.1, 0.15) is 16.1 Å². The Bertz CT molecular complexity index is 610. The van der Waals surface area contributed by atoms with Crippen LogP contribution in [-0.4, -0.2) is 16.6 Å². The third kappa shape index (κ3) is 2.17. The number of aromatic nitrogens is 2. The van der Waals surface area contributed by atoms with Crippen LogP contribution in [0, 0.1) is 3.57 Å². The molecule has 1 aliphatic heterocycles. The highest BCUT2D eigenvalue weighted by Crippen LogP contribution is 2.31. The van der Waals surface area contributed by atoms with Crippen molar-refractivity contribution in [3.8, 4) is 17.1 Å². The molecule has 0 aliphatic carbocycles. The summed E-state index contributed by atoms with van der Waals surface area (Å²) < 4.78 is 6.13. The Hall–Kier alpha value is -0.590. The number of benzene rings is 1. The van der Waals surface area contributed by atoms with Gasteiger partial charge in [0, 0.05) is 12.0 Å². The predicted octanol–water partition coefficient (Wildman–Crippen LogP) is 3.99. The van der Waals surface area contributed by atoms with Gasteiger partial charge in [-0.25, -0.2) is 9.97 Å². The number of ether oxygens (including phenoxy) is 1. The Kier molecular flexibility index (Phi) is 3.34. The zero-order chi connectivity index (χ0) is 12.7. The second-order valence-electron chi connectivity index (χ2n) is 3.86. The Labute approximate surface area is 128 Å². The Morgan fingerprint density at radius 3 is 2.61 bits per heavy atom. The minimum absolute atomic E-state index is 0.377. The van der Waals surface area contributed by atoms with E-state index in [2.05, 4.69) is 9.97 Å². The fraction of sp³-hybridized carbons (Fsp3) is 0.167. The first-order valence-corrected chi connectivity index (χ1v) is 7.13. The van der Waals surface area contributed by atoms with Crippen molar-refractivity contribution in [3.63, 3.8) is 0 Å². The molecule has 0 unspecified atom stereocenters. The quantitative estimate of drug-likeness (QED) is 0.543. The summed E-state index contributed by atoms with van der Waals surface area (Å²) in [5.41, 5.74) is 2.07.